The summed E-state index contributed by atoms with van der Waals surface area (Å²) >= 11 is 1.56. The maximum absolute atomic E-state index is 12.1. The quantitative estimate of drug-likeness (QED) is 0.807. The number of rotatable bonds is 4. The van der Waals surface area contributed by atoms with Crippen LogP contribution in [-0.2, 0) is 13.0 Å². The van der Waals surface area contributed by atoms with Crippen molar-refractivity contribution in [1.29, 1.82) is 0 Å². The second-order valence-corrected chi connectivity index (χ2v) is 6.25. The number of hydrogen-bond donors (Lipinski definition) is 0. The summed E-state index contributed by atoms with van der Waals surface area (Å²) in [7, 11) is 0. The summed E-state index contributed by atoms with van der Waals surface area (Å²) in [6, 6.07) is 7.77. The number of carbonyl (C=O) groups is 1. The normalized spacial score (nSPS) is 14.5. The Morgan fingerprint density at radius 1 is 1.24 bits per heavy atom. The van der Waals surface area contributed by atoms with Crippen LogP contribution in [0.3, 0.4) is 0 Å². The molecule has 2 aromatic rings. The SMILES string of the molecule is CCC(=O)c1ccccc1Sc1nnc2n1CCCCC2. The van der Waals surface area contributed by atoms with Crippen LogP contribution in [0.15, 0.2) is 34.3 Å². The predicted octanol–water partition coefficient (Wildman–Crippen LogP) is 3.75. The minimum absolute atomic E-state index is 0.175. The number of Topliss-reactive ketones (excluding diaryl/α,β-unsaturated/α-hetero) is 1. The molecule has 0 radical (unpaired) electrons. The van der Waals surface area contributed by atoms with Crippen molar-refractivity contribution in [2.45, 2.75) is 55.6 Å². The minimum atomic E-state index is 0.175. The van der Waals surface area contributed by atoms with E-state index in [2.05, 4.69) is 14.8 Å². The van der Waals surface area contributed by atoms with Crippen LogP contribution in [0.5, 0.6) is 0 Å². The first-order chi connectivity index (χ1) is 10.3. The molecule has 0 bridgehead atoms. The number of hydrogen-bond acceptors (Lipinski definition) is 4. The van der Waals surface area contributed by atoms with Crippen molar-refractivity contribution in [3.05, 3.63) is 35.7 Å². The van der Waals surface area contributed by atoms with Gasteiger partial charge in [0.25, 0.3) is 0 Å². The van der Waals surface area contributed by atoms with Crippen molar-refractivity contribution in [1.82, 2.24) is 14.8 Å². The van der Waals surface area contributed by atoms with Crippen molar-refractivity contribution in [3.8, 4) is 0 Å². The highest BCUT2D eigenvalue weighted by molar-refractivity contribution is 7.99. The van der Waals surface area contributed by atoms with Crippen molar-refractivity contribution in [3.63, 3.8) is 0 Å². The van der Waals surface area contributed by atoms with Gasteiger partial charge >= 0.3 is 0 Å². The fourth-order valence-corrected chi connectivity index (χ4v) is 3.63. The van der Waals surface area contributed by atoms with E-state index in [1.165, 1.54) is 19.3 Å². The molecular weight excluding hydrogens is 282 g/mol. The molecule has 0 spiro atoms. The van der Waals surface area contributed by atoms with Gasteiger partial charge in [0, 0.05) is 29.8 Å². The summed E-state index contributed by atoms with van der Waals surface area (Å²) in [5.41, 5.74) is 0.788. The second kappa shape index (κ2) is 6.43. The van der Waals surface area contributed by atoms with Crippen LogP contribution in [0, 0.1) is 0 Å². The Morgan fingerprint density at radius 3 is 2.95 bits per heavy atom. The average molecular weight is 301 g/mol. The fourth-order valence-electron chi connectivity index (χ4n) is 2.61. The Hall–Kier alpha value is -1.62. The smallest absolute Gasteiger partial charge is 0.196 e. The van der Waals surface area contributed by atoms with E-state index >= 15 is 0 Å². The third-order valence-corrected chi connectivity index (χ3v) is 4.85. The lowest BCUT2D eigenvalue weighted by atomic mass is 10.1. The minimum Gasteiger partial charge on any atom is -0.306 e. The molecule has 110 valence electrons. The van der Waals surface area contributed by atoms with Crippen LogP contribution >= 0.6 is 11.8 Å². The monoisotopic (exact) mass is 301 g/mol. The first-order valence-electron chi connectivity index (χ1n) is 7.51. The standard InChI is InChI=1S/C16H19N3OS/c1-2-13(20)12-8-5-6-9-14(12)21-16-18-17-15-10-4-3-7-11-19(15)16/h5-6,8-9H,2-4,7,10-11H2,1H3. The molecule has 4 nitrogen and oxygen atoms in total. The highest BCUT2D eigenvalue weighted by Gasteiger charge is 2.17. The summed E-state index contributed by atoms with van der Waals surface area (Å²) in [5, 5.41) is 9.55. The van der Waals surface area contributed by atoms with Crippen molar-refractivity contribution >= 4 is 17.5 Å². The molecule has 3 rings (SSSR count). The first kappa shape index (κ1) is 14.3. The molecule has 1 aliphatic rings. The van der Waals surface area contributed by atoms with Gasteiger partial charge in [-0.1, -0.05) is 31.5 Å². The van der Waals surface area contributed by atoms with E-state index in [0.29, 0.717) is 6.42 Å². The summed E-state index contributed by atoms with van der Waals surface area (Å²) in [4.78, 5) is 13.0. The molecule has 1 aliphatic heterocycles. The van der Waals surface area contributed by atoms with E-state index in [-0.39, 0.29) is 5.78 Å². The number of aryl methyl sites for hydroxylation is 1. The number of benzene rings is 1. The lowest BCUT2D eigenvalue weighted by Gasteiger charge is -2.09. The summed E-state index contributed by atoms with van der Waals surface area (Å²) < 4.78 is 2.21. The molecular formula is C16H19N3OS. The molecule has 5 heteroatoms. The number of fused-ring (bicyclic) bond motifs is 1. The number of nitrogens with zero attached hydrogens (tertiary/aromatic N) is 3. The molecule has 0 saturated carbocycles. The zero-order valence-electron chi connectivity index (χ0n) is 12.2. The molecule has 2 heterocycles. The van der Waals surface area contributed by atoms with Gasteiger partial charge in [0.05, 0.1) is 0 Å². The van der Waals surface area contributed by atoms with Crippen LogP contribution in [0.2, 0.25) is 0 Å². The van der Waals surface area contributed by atoms with Crippen LogP contribution < -0.4 is 0 Å². The molecule has 1 aromatic carbocycles. The van der Waals surface area contributed by atoms with Crippen molar-refractivity contribution in [2.75, 3.05) is 0 Å². The van der Waals surface area contributed by atoms with E-state index < -0.39 is 0 Å². The van der Waals surface area contributed by atoms with Crippen LogP contribution in [-0.4, -0.2) is 20.5 Å². The highest BCUT2D eigenvalue weighted by Crippen LogP contribution is 2.31. The van der Waals surface area contributed by atoms with Gasteiger partial charge in [-0.25, -0.2) is 0 Å². The molecule has 21 heavy (non-hydrogen) atoms. The van der Waals surface area contributed by atoms with Crippen LogP contribution in [0.4, 0.5) is 0 Å². The fraction of sp³-hybridized carbons (Fsp3) is 0.438. The molecule has 0 amide bonds. The Kier molecular flexibility index (Phi) is 4.39. The molecule has 1 aromatic heterocycles. The Balaban J connectivity index is 1.91. The molecule has 0 aliphatic carbocycles. The lowest BCUT2D eigenvalue weighted by Crippen LogP contribution is -2.03. The van der Waals surface area contributed by atoms with E-state index in [0.717, 1.165) is 34.4 Å². The largest absolute Gasteiger partial charge is 0.306 e. The van der Waals surface area contributed by atoms with Gasteiger partial charge < -0.3 is 4.57 Å². The van der Waals surface area contributed by atoms with Crippen molar-refractivity contribution < 1.29 is 4.79 Å². The molecule has 0 atom stereocenters. The zero-order chi connectivity index (χ0) is 14.7. The maximum Gasteiger partial charge on any atom is 0.196 e. The molecule has 0 fully saturated rings. The Morgan fingerprint density at radius 2 is 2.10 bits per heavy atom. The average Bonchev–Trinajstić information content (AvgIpc) is 2.74. The Labute approximate surface area is 129 Å². The predicted molar refractivity (Wildman–Crippen MR) is 82.8 cm³/mol. The number of ketones is 1. The van der Waals surface area contributed by atoms with Gasteiger partial charge in [0.15, 0.2) is 10.9 Å². The van der Waals surface area contributed by atoms with E-state index in [1.54, 1.807) is 11.8 Å². The third kappa shape index (κ3) is 3.02. The lowest BCUT2D eigenvalue weighted by molar-refractivity contribution is 0.0985. The second-order valence-electron chi connectivity index (χ2n) is 5.24. The third-order valence-electron chi connectivity index (χ3n) is 3.79. The summed E-state index contributed by atoms with van der Waals surface area (Å²) in [6.07, 6.45) is 5.14. The summed E-state index contributed by atoms with van der Waals surface area (Å²) in [5.74, 6) is 1.25. The molecule has 0 saturated heterocycles. The van der Waals surface area contributed by atoms with Gasteiger partial charge in [0.1, 0.15) is 5.82 Å². The maximum atomic E-state index is 12.1. The van der Waals surface area contributed by atoms with Gasteiger partial charge in [-0.15, -0.1) is 10.2 Å². The van der Waals surface area contributed by atoms with E-state index in [9.17, 15) is 4.79 Å². The molecule has 0 N–H and O–H groups in total. The van der Waals surface area contributed by atoms with Gasteiger partial charge in [-0.3, -0.25) is 4.79 Å². The van der Waals surface area contributed by atoms with Crippen LogP contribution in [0.1, 0.15) is 48.8 Å². The molecule has 0 unspecified atom stereocenters. The highest BCUT2D eigenvalue weighted by atomic mass is 32.2. The topological polar surface area (TPSA) is 47.8 Å². The Bertz CT molecular complexity index is 651. The van der Waals surface area contributed by atoms with Crippen molar-refractivity contribution in [2.24, 2.45) is 0 Å². The van der Waals surface area contributed by atoms with Gasteiger partial charge in [0.2, 0.25) is 0 Å². The number of carbonyl (C=O) groups excluding carboxylic acids is 1. The summed E-state index contributed by atoms with van der Waals surface area (Å²) in [6.45, 7) is 2.88. The van der Waals surface area contributed by atoms with Gasteiger partial charge in [-0.2, -0.15) is 0 Å². The zero-order valence-corrected chi connectivity index (χ0v) is 13.0. The van der Waals surface area contributed by atoms with Gasteiger partial charge in [-0.05, 0) is 30.7 Å². The number of aromatic nitrogens is 3. The first-order valence-corrected chi connectivity index (χ1v) is 8.33. The van der Waals surface area contributed by atoms with E-state index in [1.807, 2.05) is 31.2 Å². The van der Waals surface area contributed by atoms with E-state index in [4.69, 9.17) is 0 Å². The van der Waals surface area contributed by atoms with Crippen LogP contribution in [0.25, 0.3) is 0 Å².